The van der Waals surface area contributed by atoms with Crippen LogP contribution in [0.5, 0.6) is 0 Å². The second-order valence-corrected chi connectivity index (χ2v) is 7.65. The lowest BCUT2D eigenvalue weighted by molar-refractivity contribution is -0.191. The quantitative estimate of drug-likeness (QED) is 0.275. The summed E-state index contributed by atoms with van der Waals surface area (Å²) >= 11 is 0. The van der Waals surface area contributed by atoms with E-state index in [9.17, 15) is 10.2 Å². The fourth-order valence-electron chi connectivity index (χ4n) is 3.35. The molecule has 1 atom stereocenters. The highest BCUT2D eigenvalue weighted by atomic mass is 16.6. The Labute approximate surface area is 155 Å². The molecule has 1 unspecified atom stereocenters. The van der Waals surface area contributed by atoms with E-state index in [1.165, 1.54) is 89.9 Å². The Hall–Kier alpha value is -0.610. The normalized spacial score (nSPS) is 19.0. The van der Waals surface area contributed by atoms with Crippen molar-refractivity contribution in [2.24, 2.45) is 4.99 Å². The van der Waals surface area contributed by atoms with Gasteiger partial charge in [0.2, 0.25) is 0 Å². The van der Waals surface area contributed by atoms with Gasteiger partial charge in [-0.1, -0.05) is 96.8 Å². The molecule has 4 nitrogen and oxygen atoms in total. The molecular formula is C21H41NO3. The minimum atomic E-state index is -2.02. The molecule has 1 aliphatic rings. The van der Waals surface area contributed by atoms with Crippen LogP contribution in [0.3, 0.4) is 0 Å². The molecule has 1 rings (SSSR count). The fraction of sp³-hybridized carbons (Fsp3) is 0.952. The van der Waals surface area contributed by atoms with Gasteiger partial charge in [-0.3, -0.25) is 0 Å². The highest BCUT2D eigenvalue weighted by molar-refractivity contribution is 5.78. The van der Waals surface area contributed by atoms with Crippen molar-refractivity contribution in [1.29, 1.82) is 0 Å². The van der Waals surface area contributed by atoms with E-state index in [2.05, 4.69) is 11.9 Å². The SMILES string of the molecule is CCCCCCCCCCCCCCCCCC1=NC(O)(O)C(C)O1. The van der Waals surface area contributed by atoms with Crippen molar-refractivity contribution in [3.63, 3.8) is 0 Å². The van der Waals surface area contributed by atoms with Crippen LogP contribution in [0, 0.1) is 0 Å². The minimum Gasteiger partial charge on any atom is -0.470 e. The van der Waals surface area contributed by atoms with Crippen LogP contribution in [-0.4, -0.2) is 28.1 Å². The molecule has 0 saturated heterocycles. The first-order valence-electron chi connectivity index (χ1n) is 10.8. The van der Waals surface area contributed by atoms with Crippen molar-refractivity contribution in [3.8, 4) is 0 Å². The Morgan fingerprint density at radius 3 is 1.52 bits per heavy atom. The number of hydrogen-bond acceptors (Lipinski definition) is 4. The van der Waals surface area contributed by atoms with Gasteiger partial charge in [-0.15, -0.1) is 0 Å². The van der Waals surface area contributed by atoms with Crippen molar-refractivity contribution in [3.05, 3.63) is 0 Å². The van der Waals surface area contributed by atoms with E-state index in [1.54, 1.807) is 6.92 Å². The topological polar surface area (TPSA) is 62.1 Å². The summed E-state index contributed by atoms with van der Waals surface area (Å²) in [7, 11) is 0. The molecule has 25 heavy (non-hydrogen) atoms. The number of nitrogens with zero attached hydrogens (tertiary/aromatic N) is 1. The van der Waals surface area contributed by atoms with Crippen LogP contribution in [0.25, 0.3) is 0 Å². The van der Waals surface area contributed by atoms with Gasteiger partial charge in [-0.2, -0.15) is 4.99 Å². The maximum atomic E-state index is 9.50. The maximum Gasteiger partial charge on any atom is 0.306 e. The van der Waals surface area contributed by atoms with Crippen LogP contribution in [0.2, 0.25) is 0 Å². The second-order valence-electron chi connectivity index (χ2n) is 7.65. The third-order valence-corrected chi connectivity index (χ3v) is 5.14. The third kappa shape index (κ3) is 10.9. The number of rotatable bonds is 16. The molecule has 0 aromatic heterocycles. The summed E-state index contributed by atoms with van der Waals surface area (Å²) in [5.74, 6) is -1.53. The van der Waals surface area contributed by atoms with Gasteiger partial charge < -0.3 is 14.9 Å². The molecule has 1 heterocycles. The van der Waals surface area contributed by atoms with E-state index in [1.807, 2.05) is 0 Å². The number of aliphatic hydroxyl groups is 2. The van der Waals surface area contributed by atoms with Gasteiger partial charge in [0.1, 0.15) is 0 Å². The largest absolute Gasteiger partial charge is 0.470 e. The lowest BCUT2D eigenvalue weighted by atomic mass is 10.0. The Balaban J connectivity index is 1.78. The molecule has 0 aliphatic carbocycles. The van der Waals surface area contributed by atoms with Gasteiger partial charge in [0, 0.05) is 6.42 Å². The molecule has 0 spiro atoms. The highest BCUT2D eigenvalue weighted by Gasteiger charge is 2.39. The zero-order valence-electron chi connectivity index (χ0n) is 16.6. The van der Waals surface area contributed by atoms with E-state index in [0.29, 0.717) is 12.3 Å². The van der Waals surface area contributed by atoms with E-state index in [0.717, 1.165) is 6.42 Å². The average Bonchev–Trinajstić information content (AvgIpc) is 2.83. The van der Waals surface area contributed by atoms with Gasteiger partial charge in [-0.05, 0) is 13.3 Å². The molecule has 2 N–H and O–H groups in total. The predicted octanol–water partition coefficient (Wildman–Crippen LogP) is 5.70. The Bertz CT molecular complexity index is 355. The van der Waals surface area contributed by atoms with Crippen LogP contribution in [0.1, 0.15) is 117 Å². The molecule has 0 radical (unpaired) electrons. The van der Waals surface area contributed by atoms with Gasteiger partial charge in [0.05, 0.1) is 0 Å². The molecule has 0 bridgehead atoms. The monoisotopic (exact) mass is 355 g/mol. The maximum absolute atomic E-state index is 9.50. The Morgan fingerprint density at radius 1 is 0.760 bits per heavy atom. The van der Waals surface area contributed by atoms with Gasteiger partial charge in [0.25, 0.3) is 0 Å². The van der Waals surface area contributed by atoms with Gasteiger partial charge >= 0.3 is 5.91 Å². The molecule has 0 aromatic rings. The Kier molecular flexibility index (Phi) is 12.2. The van der Waals surface area contributed by atoms with Crippen molar-refractivity contribution in [2.45, 2.75) is 129 Å². The number of aliphatic imine (C=N–C) groups is 1. The summed E-state index contributed by atoms with van der Waals surface area (Å²) in [6, 6.07) is 0. The molecule has 148 valence electrons. The third-order valence-electron chi connectivity index (χ3n) is 5.14. The summed E-state index contributed by atoms with van der Waals surface area (Å²) in [4.78, 5) is 3.81. The smallest absolute Gasteiger partial charge is 0.306 e. The van der Waals surface area contributed by atoms with Crippen LogP contribution >= 0.6 is 0 Å². The van der Waals surface area contributed by atoms with Crippen molar-refractivity contribution < 1.29 is 14.9 Å². The number of hydrogen-bond donors (Lipinski definition) is 2. The first-order chi connectivity index (χ1) is 12.1. The first-order valence-corrected chi connectivity index (χ1v) is 10.8. The predicted molar refractivity (Wildman–Crippen MR) is 105 cm³/mol. The van der Waals surface area contributed by atoms with E-state index in [4.69, 9.17) is 4.74 Å². The minimum absolute atomic E-state index is 0.493. The van der Waals surface area contributed by atoms with Gasteiger partial charge in [0.15, 0.2) is 12.0 Å². The molecule has 0 fully saturated rings. The van der Waals surface area contributed by atoms with E-state index in [-0.39, 0.29) is 0 Å². The lowest BCUT2D eigenvalue weighted by Crippen LogP contribution is -2.34. The standard InChI is InChI=1S/C21H41NO3/c1-3-4-5-6-7-8-9-10-11-12-13-14-15-16-17-18-20-22-21(23,24)19(2)25-20/h19,23-24H,3-18H2,1-2H3. The molecule has 0 amide bonds. The summed E-state index contributed by atoms with van der Waals surface area (Å²) in [5.41, 5.74) is 0. The van der Waals surface area contributed by atoms with Crippen LogP contribution in [0.15, 0.2) is 4.99 Å². The lowest BCUT2D eigenvalue weighted by Gasteiger charge is -2.14. The molecule has 0 aromatic carbocycles. The fourth-order valence-corrected chi connectivity index (χ4v) is 3.35. The zero-order valence-corrected chi connectivity index (χ0v) is 16.6. The first kappa shape index (κ1) is 22.4. The molecule has 4 heteroatoms. The summed E-state index contributed by atoms with van der Waals surface area (Å²) in [6.45, 7) is 3.90. The number of ether oxygens (including phenoxy) is 1. The summed E-state index contributed by atoms with van der Waals surface area (Å²) < 4.78 is 5.35. The van der Waals surface area contributed by atoms with Crippen LogP contribution in [-0.2, 0) is 4.74 Å². The molecular weight excluding hydrogens is 314 g/mol. The van der Waals surface area contributed by atoms with E-state index < -0.39 is 12.0 Å². The highest BCUT2D eigenvalue weighted by Crippen LogP contribution is 2.22. The zero-order chi connectivity index (χ0) is 18.4. The van der Waals surface area contributed by atoms with Crippen molar-refractivity contribution >= 4 is 5.90 Å². The van der Waals surface area contributed by atoms with Gasteiger partial charge in [-0.25, -0.2) is 0 Å². The van der Waals surface area contributed by atoms with Crippen LogP contribution in [0.4, 0.5) is 0 Å². The molecule has 1 aliphatic heterocycles. The second kappa shape index (κ2) is 13.6. The van der Waals surface area contributed by atoms with Crippen molar-refractivity contribution in [2.75, 3.05) is 0 Å². The summed E-state index contributed by atoms with van der Waals surface area (Å²) in [6.07, 6.45) is 20.2. The van der Waals surface area contributed by atoms with E-state index >= 15 is 0 Å². The number of unbranched alkanes of at least 4 members (excludes halogenated alkanes) is 14. The van der Waals surface area contributed by atoms with Crippen LogP contribution < -0.4 is 0 Å². The van der Waals surface area contributed by atoms with Crippen molar-refractivity contribution in [1.82, 2.24) is 0 Å². The summed E-state index contributed by atoms with van der Waals surface area (Å²) in [5, 5.41) is 19.0. The molecule has 0 saturated carbocycles. The average molecular weight is 356 g/mol. The Morgan fingerprint density at radius 2 is 1.16 bits per heavy atom.